The molecule has 0 spiro atoms. The van der Waals surface area contributed by atoms with Gasteiger partial charge in [0.05, 0.1) is 0 Å². The first kappa shape index (κ1) is 18.0. The molecule has 0 aliphatic rings. The first-order chi connectivity index (χ1) is 9.70. The Labute approximate surface area is 124 Å². The molecule has 0 aliphatic carbocycles. The molecule has 21 heavy (non-hydrogen) atoms. The van der Waals surface area contributed by atoms with E-state index in [2.05, 4.69) is 10.0 Å². The van der Waals surface area contributed by atoms with Crippen LogP contribution in [0.4, 0.5) is 8.78 Å². The highest BCUT2D eigenvalue weighted by atomic mass is 32.2. The Bertz CT molecular complexity index is 591. The van der Waals surface area contributed by atoms with Crippen LogP contribution in [0.3, 0.4) is 0 Å². The van der Waals surface area contributed by atoms with Crippen molar-refractivity contribution in [3.05, 3.63) is 29.3 Å². The molecule has 1 aromatic carbocycles. The second-order valence-corrected chi connectivity index (χ2v) is 6.77. The van der Waals surface area contributed by atoms with Crippen molar-refractivity contribution >= 4 is 10.0 Å². The van der Waals surface area contributed by atoms with E-state index < -0.39 is 26.6 Å². The fourth-order valence-electron chi connectivity index (χ4n) is 1.61. The van der Waals surface area contributed by atoms with Crippen molar-refractivity contribution in [1.29, 1.82) is 0 Å². The zero-order chi connectivity index (χ0) is 16.2. The van der Waals surface area contributed by atoms with E-state index in [0.717, 1.165) is 12.1 Å². The summed E-state index contributed by atoms with van der Waals surface area (Å²) < 4.78 is 54.3. The van der Waals surface area contributed by atoms with Crippen LogP contribution in [0.25, 0.3) is 0 Å². The van der Waals surface area contributed by atoms with Gasteiger partial charge in [-0.25, -0.2) is 21.9 Å². The fourth-order valence-corrected chi connectivity index (χ4v) is 2.84. The minimum Gasteiger partial charge on any atom is -0.315 e. The number of sulfonamides is 1. The summed E-state index contributed by atoms with van der Waals surface area (Å²) in [4.78, 5) is 1.29. The second-order valence-electron chi connectivity index (χ2n) is 5.03. The number of hydrogen-bond donors (Lipinski definition) is 2. The lowest BCUT2D eigenvalue weighted by atomic mass is 10.2. The van der Waals surface area contributed by atoms with Crippen LogP contribution >= 0.6 is 0 Å². The highest BCUT2D eigenvalue weighted by molar-refractivity contribution is 7.89. The zero-order valence-corrected chi connectivity index (χ0v) is 13.4. The third-order valence-electron chi connectivity index (χ3n) is 3.24. The monoisotopic (exact) mass is 321 g/mol. The predicted octanol–water partition coefficient (Wildman–Crippen LogP) is 0.913. The summed E-state index contributed by atoms with van der Waals surface area (Å²) in [5.41, 5.74) is -0.291. The Balaban J connectivity index is 3.06. The van der Waals surface area contributed by atoms with Gasteiger partial charge in [0.1, 0.15) is 10.7 Å². The maximum Gasteiger partial charge on any atom is 0.243 e. The highest BCUT2D eigenvalue weighted by Gasteiger charge is 2.23. The SMILES string of the molecule is CNCc1c(F)ccc(S(=O)(=O)NCC(C)N(C)C)c1F. The van der Waals surface area contributed by atoms with Gasteiger partial charge in [0, 0.05) is 24.7 Å². The number of halogens is 2. The predicted molar refractivity (Wildman–Crippen MR) is 77.5 cm³/mol. The van der Waals surface area contributed by atoms with Gasteiger partial charge in [-0.2, -0.15) is 0 Å². The van der Waals surface area contributed by atoms with E-state index in [1.165, 1.54) is 7.05 Å². The van der Waals surface area contributed by atoms with Gasteiger partial charge in [0.25, 0.3) is 0 Å². The second kappa shape index (κ2) is 7.26. The van der Waals surface area contributed by atoms with Crippen LogP contribution in [0, 0.1) is 11.6 Å². The van der Waals surface area contributed by atoms with Crippen LogP contribution in [0.1, 0.15) is 12.5 Å². The van der Waals surface area contributed by atoms with E-state index in [9.17, 15) is 17.2 Å². The largest absolute Gasteiger partial charge is 0.315 e. The van der Waals surface area contributed by atoms with Crippen LogP contribution in [0.5, 0.6) is 0 Å². The Morgan fingerprint density at radius 2 is 1.90 bits per heavy atom. The molecule has 0 aliphatic heterocycles. The lowest BCUT2D eigenvalue weighted by Gasteiger charge is -2.20. The molecule has 0 aromatic heterocycles. The summed E-state index contributed by atoms with van der Waals surface area (Å²) in [5.74, 6) is -1.84. The summed E-state index contributed by atoms with van der Waals surface area (Å²) in [5, 5.41) is 2.61. The van der Waals surface area contributed by atoms with Crippen molar-refractivity contribution in [3.63, 3.8) is 0 Å². The van der Waals surface area contributed by atoms with Crippen molar-refractivity contribution in [3.8, 4) is 0 Å². The quantitative estimate of drug-likeness (QED) is 0.784. The topological polar surface area (TPSA) is 61.4 Å². The zero-order valence-electron chi connectivity index (χ0n) is 12.6. The fraction of sp³-hybridized carbons (Fsp3) is 0.538. The van der Waals surface area contributed by atoms with Gasteiger partial charge in [-0.15, -0.1) is 0 Å². The van der Waals surface area contributed by atoms with E-state index in [4.69, 9.17) is 0 Å². The third kappa shape index (κ3) is 4.44. The average molecular weight is 321 g/mol. The summed E-state index contributed by atoms with van der Waals surface area (Å²) in [6, 6.07) is 1.84. The van der Waals surface area contributed by atoms with Crippen LogP contribution in [-0.2, 0) is 16.6 Å². The van der Waals surface area contributed by atoms with Crippen molar-refractivity contribution in [1.82, 2.24) is 14.9 Å². The standard InChI is InChI=1S/C13H21F2N3O2S/c1-9(18(3)4)7-17-21(19,20)12-6-5-11(14)10(8-16-2)13(12)15/h5-6,9,16-17H,7-8H2,1-4H3. The van der Waals surface area contributed by atoms with Gasteiger partial charge in [0.2, 0.25) is 10.0 Å². The number of nitrogens with zero attached hydrogens (tertiary/aromatic N) is 1. The number of likely N-dealkylation sites (N-methyl/N-ethyl adjacent to an activating group) is 1. The molecule has 1 aromatic rings. The number of nitrogens with one attached hydrogen (secondary N) is 2. The van der Waals surface area contributed by atoms with E-state index in [-0.39, 0.29) is 24.7 Å². The molecule has 1 unspecified atom stereocenters. The molecule has 0 radical (unpaired) electrons. The van der Waals surface area contributed by atoms with Gasteiger partial charge >= 0.3 is 0 Å². The Morgan fingerprint density at radius 1 is 1.29 bits per heavy atom. The average Bonchev–Trinajstić information content (AvgIpc) is 2.40. The molecular weight excluding hydrogens is 300 g/mol. The molecular formula is C13H21F2N3O2S. The Kier molecular flexibility index (Phi) is 6.21. The maximum absolute atomic E-state index is 14.2. The Morgan fingerprint density at radius 3 is 2.43 bits per heavy atom. The molecule has 5 nitrogen and oxygen atoms in total. The number of benzene rings is 1. The van der Waals surface area contributed by atoms with Crippen LogP contribution in [-0.4, -0.2) is 47.0 Å². The van der Waals surface area contributed by atoms with Crippen molar-refractivity contribution in [2.75, 3.05) is 27.7 Å². The maximum atomic E-state index is 14.2. The molecule has 8 heteroatoms. The van der Waals surface area contributed by atoms with Crippen molar-refractivity contribution in [2.24, 2.45) is 0 Å². The minimum atomic E-state index is -4.02. The molecule has 0 saturated carbocycles. The number of rotatable bonds is 7. The molecule has 0 heterocycles. The van der Waals surface area contributed by atoms with Crippen molar-refractivity contribution < 1.29 is 17.2 Å². The molecule has 1 rings (SSSR count). The first-order valence-electron chi connectivity index (χ1n) is 6.48. The molecule has 1 atom stereocenters. The first-order valence-corrected chi connectivity index (χ1v) is 7.96. The molecule has 2 N–H and O–H groups in total. The highest BCUT2D eigenvalue weighted by Crippen LogP contribution is 2.21. The van der Waals surface area contributed by atoms with Gasteiger partial charge in [0.15, 0.2) is 5.82 Å². The van der Waals surface area contributed by atoms with Gasteiger partial charge < -0.3 is 10.2 Å². The van der Waals surface area contributed by atoms with Gasteiger partial charge in [-0.05, 0) is 40.2 Å². The van der Waals surface area contributed by atoms with Gasteiger partial charge in [-0.3, -0.25) is 0 Å². The summed E-state index contributed by atoms with van der Waals surface area (Å²) >= 11 is 0. The van der Waals surface area contributed by atoms with Crippen LogP contribution in [0.2, 0.25) is 0 Å². The van der Waals surface area contributed by atoms with Crippen molar-refractivity contribution in [2.45, 2.75) is 24.4 Å². The summed E-state index contributed by atoms with van der Waals surface area (Å²) in [7, 11) is 1.12. The molecule has 0 fully saturated rings. The molecule has 120 valence electrons. The summed E-state index contributed by atoms with van der Waals surface area (Å²) in [6.07, 6.45) is 0. The minimum absolute atomic E-state index is 0.0555. The molecule has 0 bridgehead atoms. The van der Waals surface area contributed by atoms with Crippen LogP contribution in [0.15, 0.2) is 17.0 Å². The lowest BCUT2D eigenvalue weighted by Crippen LogP contribution is -2.38. The van der Waals surface area contributed by atoms with E-state index in [1.54, 1.807) is 0 Å². The third-order valence-corrected chi connectivity index (χ3v) is 4.69. The number of hydrogen-bond acceptors (Lipinski definition) is 4. The molecule has 0 amide bonds. The molecule has 0 saturated heterocycles. The van der Waals surface area contributed by atoms with E-state index in [1.807, 2.05) is 25.9 Å². The normalized spacial score (nSPS) is 13.7. The van der Waals surface area contributed by atoms with Gasteiger partial charge in [-0.1, -0.05) is 0 Å². The van der Waals surface area contributed by atoms with E-state index in [0.29, 0.717) is 0 Å². The smallest absolute Gasteiger partial charge is 0.243 e. The lowest BCUT2D eigenvalue weighted by molar-refractivity contribution is 0.313. The summed E-state index contributed by atoms with van der Waals surface area (Å²) in [6.45, 7) is 1.87. The van der Waals surface area contributed by atoms with Crippen LogP contribution < -0.4 is 10.0 Å². The Hall–Kier alpha value is -1.09. The van der Waals surface area contributed by atoms with E-state index >= 15 is 0 Å².